The second-order valence-electron chi connectivity index (χ2n) is 3.38. The second-order valence-corrected chi connectivity index (χ2v) is 3.65. The maximum Gasteiger partial charge on any atom is 0.328 e. The topological polar surface area (TPSA) is 73.2 Å². The maximum absolute atomic E-state index is 11.8. The number of hydrogen-bond donors (Lipinski definition) is 1. The smallest absolute Gasteiger partial charge is 0.293 e. The number of para-hydroxylation sites is 1. The molecule has 1 aromatic carbocycles. The molecule has 0 heterocycles. The van der Waals surface area contributed by atoms with Gasteiger partial charge in [0.05, 0.1) is 12.5 Å². The molecule has 0 fully saturated rings. The number of rotatable bonds is 4. The summed E-state index contributed by atoms with van der Waals surface area (Å²) >= 11 is 5.32. The summed E-state index contributed by atoms with van der Waals surface area (Å²) in [6.45, 7) is 0.210. The highest BCUT2D eigenvalue weighted by atomic mass is 35.5. The summed E-state index contributed by atoms with van der Waals surface area (Å²) in [5.41, 5.74) is 0.618. The molecular weight excluding hydrogens is 254 g/mol. The summed E-state index contributed by atoms with van der Waals surface area (Å²) in [7, 11) is 0. The summed E-state index contributed by atoms with van der Waals surface area (Å²) < 4.78 is 0. The molecule has 0 aliphatic carbocycles. The van der Waals surface area contributed by atoms with E-state index in [0.29, 0.717) is 5.69 Å². The predicted molar refractivity (Wildman–Crippen MR) is 68.3 cm³/mol. The molecule has 0 saturated heterocycles. The van der Waals surface area contributed by atoms with Crippen LogP contribution < -0.4 is 10.2 Å². The zero-order chi connectivity index (χ0) is 13.4. The first kappa shape index (κ1) is 14.0. The molecule has 0 atom stereocenters. The Morgan fingerprint density at radius 1 is 1.33 bits per heavy atom. The van der Waals surface area contributed by atoms with Crippen LogP contribution in [0.5, 0.6) is 0 Å². The van der Waals surface area contributed by atoms with Crippen molar-refractivity contribution in [3.8, 4) is 6.07 Å². The Balaban J connectivity index is 2.82. The summed E-state index contributed by atoms with van der Waals surface area (Å²) in [5, 5.41) is 10.7. The van der Waals surface area contributed by atoms with Crippen molar-refractivity contribution in [3.63, 3.8) is 0 Å². The van der Waals surface area contributed by atoms with Crippen molar-refractivity contribution in [2.75, 3.05) is 17.3 Å². The highest BCUT2D eigenvalue weighted by molar-refractivity contribution is 6.28. The van der Waals surface area contributed by atoms with Gasteiger partial charge < -0.3 is 0 Å². The van der Waals surface area contributed by atoms with Gasteiger partial charge in [-0.3, -0.25) is 15.0 Å². The van der Waals surface area contributed by atoms with Crippen molar-refractivity contribution in [2.45, 2.75) is 6.42 Å². The number of hydrogen-bond acceptors (Lipinski definition) is 3. The number of nitrogens with one attached hydrogen (secondary N) is 1. The van der Waals surface area contributed by atoms with Gasteiger partial charge >= 0.3 is 6.03 Å². The number of imide groups is 1. The number of benzene rings is 1. The van der Waals surface area contributed by atoms with Crippen molar-refractivity contribution in [1.82, 2.24) is 5.32 Å². The molecule has 0 aromatic heterocycles. The third kappa shape index (κ3) is 4.07. The quantitative estimate of drug-likeness (QED) is 0.845. The normalized spacial score (nSPS) is 9.33. The first-order valence-corrected chi connectivity index (χ1v) is 5.81. The average molecular weight is 266 g/mol. The lowest BCUT2D eigenvalue weighted by Crippen LogP contribution is -2.44. The van der Waals surface area contributed by atoms with E-state index in [9.17, 15) is 9.59 Å². The highest BCUT2D eigenvalue weighted by Crippen LogP contribution is 2.13. The molecule has 0 aliphatic heterocycles. The predicted octanol–water partition coefficient (Wildman–Crippen LogP) is 1.88. The van der Waals surface area contributed by atoms with E-state index in [2.05, 4.69) is 5.32 Å². The molecule has 1 N–H and O–H groups in total. The van der Waals surface area contributed by atoms with E-state index in [1.54, 1.807) is 24.3 Å². The van der Waals surface area contributed by atoms with Crippen LogP contribution in [0, 0.1) is 11.3 Å². The second kappa shape index (κ2) is 7.30. The van der Waals surface area contributed by atoms with E-state index in [0.717, 1.165) is 0 Å². The van der Waals surface area contributed by atoms with Gasteiger partial charge in [0.25, 0.3) is 0 Å². The third-order valence-electron chi connectivity index (χ3n) is 2.13. The van der Waals surface area contributed by atoms with E-state index in [1.165, 1.54) is 4.90 Å². The van der Waals surface area contributed by atoms with Crippen molar-refractivity contribution < 1.29 is 9.59 Å². The Morgan fingerprint density at radius 3 is 2.56 bits per heavy atom. The molecule has 0 bridgehead atoms. The SMILES string of the molecule is N#CCCN(C(=O)NC(=O)CCl)c1ccccc1. The number of nitrogens with zero attached hydrogens (tertiary/aromatic N) is 2. The fourth-order valence-electron chi connectivity index (χ4n) is 1.34. The van der Waals surface area contributed by atoms with E-state index in [-0.39, 0.29) is 18.8 Å². The molecule has 0 aliphatic rings. The van der Waals surface area contributed by atoms with Crippen molar-refractivity contribution >= 4 is 29.2 Å². The molecule has 6 heteroatoms. The molecule has 1 aromatic rings. The van der Waals surface area contributed by atoms with Crippen molar-refractivity contribution in [1.29, 1.82) is 5.26 Å². The van der Waals surface area contributed by atoms with Crippen LogP contribution in [0.3, 0.4) is 0 Å². The third-order valence-corrected chi connectivity index (χ3v) is 2.37. The van der Waals surface area contributed by atoms with Crippen LogP contribution in [0.4, 0.5) is 10.5 Å². The Hall–Kier alpha value is -2.06. The Morgan fingerprint density at radius 2 is 2.00 bits per heavy atom. The Kier molecular flexibility index (Phi) is 5.68. The van der Waals surface area contributed by atoms with Crippen LogP contribution >= 0.6 is 11.6 Å². The van der Waals surface area contributed by atoms with E-state index < -0.39 is 11.9 Å². The number of alkyl halides is 1. The molecule has 0 radical (unpaired) electrons. The summed E-state index contributed by atoms with van der Waals surface area (Å²) in [6.07, 6.45) is 0.178. The average Bonchev–Trinajstić information content (AvgIpc) is 2.40. The number of amides is 3. The van der Waals surface area contributed by atoms with Gasteiger partial charge in [-0.1, -0.05) is 18.2 Å². The molecule has 1 rings (SSSR count). The van der Waals surface area contributed by atoms with E-state index in [1.807, 2.05) is 12.1 Å². The Bertz CT molecular complexity index is 456. The minimum absolute atomic E-state index is 0.178. The standard InChI is InChI=1S/C12H12ClN3O2/c13-9-11(17)15-12(18)16(8-4-7-14)10-5-2-1-3-6-10/h1-3,5-6H,4,8-9H2,(H,15,17,18). The number of carbonyl (C=O) groups excluding carboxylic acids is 2. The summed E-state index contributed by atoms with van der Waals surface area (Å²) in [5.74, 6) is -0.855. The molecule has 5 nitrogen and oxygen atoms in total. The van der Waals surface area contributed by atoms with Gasteiger partial charge in [0.15, 0.2) is 0 Å². The van der Waals surface area contributed by atoms with E-state index in [4.69, 9.17) is 16.9 Å². The van der Waals surface area contributed by atoms with Crippen molar-refractivity contribution in [2.24, 2.45) is 0 Å². The van der Waals surface area contributed by atoms with Crippen LogP contribution in [-0.2, 0) is 4.79 Å². The number of anilines is 1. The van der Waals surface area contributed by atoms with Crippen LogP contribution in [0.2, 0.25) is 0 Å². The number of nitriles is 1. The lowest BCUT2D eigenvalue weighted by molar-refractivity contribution is -0.117. The Labute approximate surface area is 110 Å². The van der Waals surface area contributed by atoms with Gasteiger partial charge in [0.2, 0.25) is 5.91 Å². The minimum atomic E-state index is -0.581. The van der Waals surface area contributed by atoms with E-state index >= 15 is 0 Å². The van der Waals surface area contributed by atoms with Gasteiger partial charge in [-0.05, 0) is 12.1 Å². The monoisotopic (exact) mass is 265 g/mol. The molecule has 0 unspecified atom stereocenters. The van der Waals surface area contributed by atoms with Crippen molar-refractivity contribution in [3.05, 3.63) is 30.3 Å². The summed E-state index contributed by atoms with van der Waals surface area (Å²) in [4.78, 5) is 24.2. The lowest BCUT2D eigenvalue weighted by atomic mass is 10.3. The molecule has 0 saturated carbocycles. The van der Waals surface area contributed by atoms with Crippen LogP contribution in [0.25, 0.3) is 0 Å². The van der Waals surface area contributed by atoms with Crippen LogP contribution in [0.15, 0.2) is 30.3 Å². The molecule has 0 spiro atoms. The molecule has 94 valence electrons. The first-order valence-electron chi connectivity index (χ1n) is 5.28. The molecule has 18 heavy (non-hydrogen) atoms. The zero-order valence-corrected chi connectivity index (χ0v) is 10.4. The molecule has 3 amide bonds. The highest BCUT2D eigenvalue weighted by Gasteiger charge is 2.17. The number of halogens is 1. The largest absolute Gasteiger partial charge is 0.328 e. The number of urea groups is 1. The zero-order valence-electron chi connectivity index (χ0n) is 9.60. The van der Waals surface area contributed by atoms with Gasteiger partial charge in [-0.25, -0.2) is 4.79 Å². The number of carbonyl (C=O) groups is 2. The van der Waals surface area contributed by atoms with Crippen LogP contribution in [-0.4, -0.2) is 24.4 Å². The minimum Gasteiger partial charge on any atom is -0.293 e. The molecular formula is C12H12ClN3O2. The fraction of sp³-hybridized carbons (Fsp3) is 0.250. The summed E-state index contributed by atoms with van der Waals surface area (Å²) in [6, 6.07) is 10.2. The van der Waals surface area contributed by atoms with Gasteiger partial charge in [0, 0.05) is 12.2 Å². The maximum atomic E-state index is 11.8. The van der Waals surface area contributed by atoms with Gasteiger partial charge in [-0.2, -0.15) is 5.26 Å². The van der Waals surface area contributed by atoms with Crippen LogP contribution in [0.1, 0.15) is 6.42 Å². The van der Waals surface area contributed by atoms with Gasteiger partial charge in [-0.15, -0.1) is 11.6 Å². The van der Waals surface area contributed by atoms with Gasteiger partial charge in [0.1, 0.15) is 5.88 Å². The lowest BCUT2D eigenvalue weighted by Gasteiger charge is -2.21. The fourth-order valence-corrected chi connectivity index (χ4v) is 1.40. The first-order chi connectivity index (χ1) is 8.69.